The second-order valence-corrected chi connectivity index (χ2v) is 3.99. The van der Waals surface area contributed by atoms with Gasteiger partial charge in [0.2, 0.25) is 5.91 Å². The van der Waals surface area contributed by atoms with E-state index in [4.69, 9.17) is 5.73 Å². The number of alkyl halides is 3. The van der Waals surface area contributed by atoms with Crippen molar-refractivity contribution in [1.29, 1.82) is 0 Å². The Balaban J connectivity index is 2.79. The van der Waals surface area contributed by atoms with Crippen molar-refractivity contribution in [1.82, 2.24) is 5.32 Å². The van der Waals surface area contributed by atoms with Gasteiger partial charge < -0.3 is 11.1 Å². The van der Waals surface area contributed by atoms with Crippen LogP contribution in [0.3, 0.4) is 0 Å². The highest BCUT2D eigenvalue weighted by atomic mass is 19.4. The number of halogens is 3. The maximum absolute atomic E-state index is 12.4. The highest BCUT2D eigenvalue weighted by molar-refractivity contribution is 5.72. The standard InChI is InChI=1S/C12H15F3N2O/c1-8(18)17-7-10(6-16)9-2-4-11(5-3-9)12(13,14)15/h2-5,10H,6-7,16H2,1H3,(H,17,18). The molecule has 0 bridgehead atoms. The monoisotopic (exact) mass is 260 g/mol. The van der Waals surface area contributed by atoms with E-state index in [1.54, 1.807) is 0 Å². The number of benzene rings is 1. The van der Waals surface area contributed by atoms with Crippen LogP contribution in [0.15, 0.2) is 24.3 Å². The van der Waals surface area contributed by atoms with Crippen molar-refractivity contribution < 1.29 is 18.0 Å². The summed E-state index contributed by atoms with van der Waals surface area (Å²) in [7, 11) is 0. The average molecular weight is 260 g/mol. The predicted octanol–water partition coefficient (Wildman–Crippen LogP) is 1.88. The fourth-order valence-corrected chi connectivity index (χ4v) is 1.55. The van der Waals surface area contributed by atoms with E-state index in [-0.39, 0.29) is 18.4 Å². The van der Waals surface area contributed by atoms with E-state index in [1.807, 2.05) is 0 Å². The van der Waals surface area contributed by atoms with Crippen molar-refractivity contribution >= 4 is 5.91 Å². The van der Waals surface area contributed by atoms with Gasteiger partial charge in [-0.3, -0.25) is 4.79 Å². The highest BCUT2D eigenvalue weighted by Gasteiger charge is 2.30. The number of hydrogen-bond donors (Lipinski definition) is 2. The number of hydrogen-bond acceptors (Lipinski definition) is 2. The number of carbonyl (C=O) groups excluding carboxylic acids is 1. The van der Waals surface area contributed by atoms with Crippen LogP contribution in [0.25, 0.3) is 0 Å². The molecule has 1 atom stereocenters. The first-order chi connectivity index (χ1) is 8.34. The Labute approximate surface area is 103 Å². The summed E-state index contributed by atoms with van der Waals surface area (Å²) < 4.78 is 37.1. The minimum Gasteiger partial charge on any atom is -0.356 e. The van der Waals surface area contributed by atoms with E-state index in [0.29, 0.717) is 12.1 Å². The SMILES string of the molecule is CC(=O)NCC(CN)c1ccc(C(F)(F)F)cc1. The zero-order valence-corrected chi connectivity index (χ0v) is 9.92. The third-order valence-electron chi connectivity index (χ3n) is 2.59. The van der Waals surface area contributed by atoms with Crippen molar-refractivity contribution in [3.63, 3.8) is 0 Å². The molecular weight excluding hydrogens is 245 g/mol. The first-order valence-corrected chi connectivity index (χ1v) is 5.46. The maximum atomic E-state index is 12.4. The van der Waals surface area contributed by atoms with Crippen LogP contribution >= 0.6 is 0 Å². The Morgan fingerprint density at radius 3 is 2.28 bits per heavy atom. The van der Waals surface area contributed by atoms with Gasteiger partial charge in [0.05, 0.1) is 5.56 Å². The first kappa shape index (κ1) is 14.5. The molecule has 100 valence electrons. The minimum atomic E-state index is -4.34. The molecule has 0 saturated heterocycles. The molecule has 18 heavy (non-hydrogen) atoms. The van der Waals surface area contributed by atoms with Gasteiger partial charge in [-0.1, -0.05) is 12.1 Å². The minimum absolute atomic E-state index is 0.184. The van der Waals surface area contributed by atoms with Crippen molar-refractivity contribution in [3.05, 3.63) is 35.4 Å². The van der Waals surface area contributed by atoms with Gasteiger partial charge in [-0.2, -0.15) is 13.2 Å². The molecule has 0 radical (unpaired) electrons. The Morgan fingerprint density at radius 2 is 1.89 bits per heavy atom. The van der Waals surface area contributed by atoms with Gasteiger partial charge in [0, 0.05) is 25.9 Å². The van der Waals surface area contributed by atoms with Crippen LogP contribution in [0.1, 0.15) is 24.0 Å². The largest absolute Gasteiger partial charge is 0.416 e. The van der Waals surface area contributed by atoms with E-state index in [1.165, 1.54) is 19.1 Å². The van der Waals surface area contributed by atoms with Crippen molar-refractivity contribution in [2.24, 2.45) is 5.73 Å². The highest BCUT2D eigenvalue weighted by Crippen LogP contribution is 2.29. The molecule has 3 N–H and O–H groups in total. The van der Waals surface area contributed by atoms with E-state index in [2.05, 4.69) is 5.32 Å². The van der Waals surface area contributed by atoms with Gasteiger partial charge in [0.15, 0.2) is 0 Å². The van der Waals surface area contributed by atoms with Crippen LogP contribution in [0.4, 0.5) is 13.2 Å². The fraction of sp³-hybridized carbons (Fsp3) is 0.417. The van der Waals surface area contributed by atoms with E-state index < -0.39 is 11.7 Å². The molecule has 0 aliphatic heterocycles. The van der Waals surface area contributed by atoms with Crippen LogP contribution in [0.5, 0.6) is 0 Å². The third-order valence-corrected chi connectivity index (χ3v) is 2.59. The lowest BCUT2D eigenvalue weighted by Gasteiger charge is -2.16. The molecule has 0 spiro atoms. The molecule has 0 saturated carbocycles. The molecule has 0 heterocycles. The van der Waals surface area contributed by atoms with E-state index in [9.17, 15) is 18.0 Å². The number of rotatable bonds is 4. The molecule has 0 fully saturated rings. The Kier molecular flexibility index (Phi) is 4.72. The van der Waals surface area contributed by atoms with Gasteiger partial charge in [0.1, 0.15) is 0 Å². The topological polar surface area (TPSA) is 55.1 Å². The molecule has 1 aromatic carbocycles. The molecule has 6 heteroatoms. The molecule has 1 unspecified atom stereocenters. The quantitative estimate of drug-likeness (QED) is 0.868. The second kappa shape index (κ2) is 5.86. The smallest absolute Gasteiger partial charge is 0.356 e. The molecular formula is C12H15F3N2O. The van der Waals surface area contributed by atoms with Gasteiger partial charge in [-0.25, -0.2) is 0 Å². The first-order valence-electron chi connectivity index (χ1n) is 5.46. The number of nitrogens with two attached hydrogens (primary N) is 1. The third kappa shape index (κ3) is 4.03. The molecule has 1 rings (SSSR count). The fourth-order valence-electron chi connectivity index (χ4n) is 1.55. The number of amides is 1. The van der Waals surface area contributed by atoms with E-state index in [0.717, 1.165) is 12.1 Å². The summed E-state index contributed by atoms with van der Waals surface area (Å²) in [6.07, 6.45) is -4.34. The van der Waals surface area contributed by atoms with Crippen molar-refractivity contribution in [2.45, 2.75) is 19.0 Å². The molecule has 0 aliphatic carbocycles. The van der Waals surface area contributed by atoms with Gasteiger partial charge >= 0.3 is 6.18 Å². The van der Waals surface area contributed by atoms with E-state index >= 15 is 0 Å². The molecule has 0 aromatic heterocycles. The second-order valence-electron chi connectivity index (χ2n) is 3.99. The summed E-state index contributed by atoms with van der Waals surface area (Å²) in [5.74, 6) is -0.378. The van der Waals surface area contributed by atoms with Crippen LogP contribution in [0.2, 0.25) is 0 Å². The van der Waals surface area contributed by atoms with Gasteiger partial charge in [-0.15, -0.1) is 0 Å². The summed E-state index contributed by atoms with van der Waals surface area (Å²) in [6.45, 7) is 1.95. The maximum Gasteiger partial charge on any atom is 0.416 e. The lowest BCUT2D eigenvalue weighted by molar-refractivity contribution is -0.137. The van der Waals surface area contributed by atoms with Crippen molar-refractivity contribution in [3.8, 4) is 0 Å². The van der Waals surface area contributed by atoms with Gasteiger partial charge in [-0.05, 0) is 17.7 Å². The number of nitrogens with one attached hydrogen (secondary N) is 1. The number of carbonyl (C=O) groups is 1. The van der Waals surface area contributed by atoms with Crippen LogP contribution in [0, 0.1) is 0 Å². The molecule has 0 aliphatic rings. The molecule has 3 nitrogen and oxygen atoms in total. The predicted molar refractivity (Wildman–Crippen MR) is 61.9 cm³/mol. The summed E-state index contributed by atoms with van der Waals surface area (Å²) in [5, 5.41) is 2.60. The summed E-state index contributed by atoms with van der Waals surface area (Å²) in [4.78, 5) is 10.8. The summed E-state index contributed by atoms with van der Waals surface area (Å²) in [5.41, 5.74) is 5.53. The lowest BCUT2D eigenvalue weighted by Crippen LogP contribution is -2.29. The van der Waals surface area contributed by atoms with Crippen molar-refractivity contribution in [2.75, 3.05) is 13.1 Å². The Morgan fingerprint density at radius 1 is 1.33 bits per heavy atom. The van der Waals surface area contributed by atoms with Crippen LogP contribution in [-0.4, -0.2) is 19.0 Å². The summed E-state index contributed by atoms with van der Waals surface area (Å²) in [6, 6.07) is 4.82. The van der Waals surface area contributed by atoms with Gasteiger partial charge in [0.25, 0.3) is 0 Å². The zero-order valence-electron chi connectivity index (χ0n) is 9.92. The average Bonchev–Trinajstić information content (AvgIpc) is 2.29. The Hall–Kier alpha value is -1.56. The normalized spacial score (nSPS) is 13.2. The zero-order chi connectivity index (χ0) is 13.8. The van der Waals surface area contributed by atoms with Crippen LogP contribution < -0.4 is 11.1 Å². The lowest BCUT2D eigenvalue weighted by atomic mass is 9.98. The summed E-state index contributed by atoms with van der Waals surface area (Å²) >= 11 is 0. The molecule has 1 amide bonds. The molecule has 1 aromatic rings. The van der Waals surface area contributed by atoms with Crippen LogP contribution in [-0.2, 0) is 11.0 Å². The Bertz CT molecular complexity index is 401.